The second-order valence-electron chi connectivity index (χ2n) is 7.99. The van der Waals surface area contributed by atoms with E-state index in [4.69, 9.17) is 4.98 Å². The van der Waals surface area contributed by atoms with Crippen LogP contribution in [0.25, 0.3) is 22.6 Å². The summed E-state index contributed by atoms with van der Waals surface area (Å²) in [6.07, 6.45) is 5.24. The molecule has 1 fully saturated rings. The molecule has 0 aliphatic heterocycles. The third-order valence-corrected chi connectivity index (χ3v) is 5.79. The van der Waals surface area contributed by atoms with Crippen molar-refractivity contribution in [2.24, 2.45) is 5.92 Å². The number of nitrogens with zero attached hydrogens (tertiary/aromatic N) is 5. The molecule has 5 rings (SSSR count). The Balaban J connectivity index is 1.55. The molecule has 0 spiro atoms. The van der Waals surface area contributed by atoms with Gasteiger partial charge in [-0.05, 0) is 18.4 Å². The molecule has 0 atom stereocenters. The fourth-order valence-electron chi connectivity index (χ4n) is 4.11. The van der Waals surface area contributed by atoms with E-state index in [-0.39, 0.29) is 11.8 Å². The van der Waals surface area contributed by atoms with Crippen LogP contribution in [0.4, 0.5) is 5.82 Å². The van der Waals surface area contributed by atoms with Crippen LogP contribution in [-0.2, 0) is 11.3 Å². The highest BCUT2D eigenvalue weighted by Gasteiger charge is 2.24. The lowest BCUT2D eigenvalue weighted by Crippen LogP contribution is -2.25. The molecule has 4 aromatic rings. The number of hydrogen-bond donors (Lipinski definition) is 1. The lowest BCUT2D eigenvalue weighted by atomic mass is 9.89. The molecule has 7 nitrogen and oxygen atoms in total. The average Bonchev–Trinajstić information content (AvgIpc) is 3.24. The molecule has 1 aliphatic carbocycles. The Bertz CT molecular complexity index is 1180. The Morgan fingerprint density at radius 2 is 1.65 bits per heavy atom. The first-order valence-electron chi connectivity index (χ1n) is 10.8. The summed E-state index contributed by atoms with van der Waals surface area (Å²) in [7, 11) is 0. The van der Waals surface area contributed by atoms with E-state index in [1.165, 1.54) is 6.42 Å². The summed E-state index contributed by atoms with van der Waals surface area (Å²) >= 11 is 0. The van der Waals surface area contributed by atoms with Gasteiger partial charge in [-0.25, -0.2) is 14.6 Å². The maximum absolute atomic E-state index is 12.9. The number of amides is 1. The van der Waals surface area contributed by atoms with Gasteiger partial charge in [0, 0.05) is 11.5 Å². The highest BCUT2D eigenvalue weighted by Crippen LogP contribution is 2.27. The Hall–Kier alpha value is -3.61. The quantitative estimate of drug-likeness (QED) is 0.523. The Kier molecular flexibility index (Phi) is 5.39. The van der Waals surface area contributed by atoms with Crippen molar-refractivity contribution in [2.45, 2.75) is 38.6 Å². The summed E-state index contributed by atoms with van der Waals surface area (Å²) in [6, 6.07) is 19.8. The molecule has 2 aromatic carbocycles. The van der Waals surface area contributed by atoms with Crippen molar-refractivity contribution in [3.8, 4) is 11.4 Å². The molecule has 31 heavy (non-hydrogen) atoms. The molecule has 0 bridgehead atoms. The molecular formula is C24H24N6O. The predicted octanol–water partition coefficient (Wildman–Crippen LogP) is 4.46. The molecule has 2 heterocycles. The number of hydrogen-bond acceptors (Lipinski definition) is 5. The van der Waals surface area contributed by atoms with Crippen molar-refractivity contribution in [3.63, 3.8) is 0 Å². The van der Waals surface area contributed by atoms with Gasteiger partial charge in [-0.1, -0.05) is 85.1 Å². The van der Waals surface area contributed by atoms with E-state index in [1.807, 2.05) is 60.7 Å². The molecule has 1 amide bonds. The first-order valence-corrected chi connectivity index (χ1v) is 10.8. The van der Waals surface area contributed by atoms with Gasteiger partial charge in [0.05, 0.1) is 6.54 Å². The summed E-state index contributed by atoms with van der Waals surface area (Å²) in [5, 5.41) is 11.7. The maximum atomic E-state index is 12.9. The van der Waals surface area contributed by atoms with Crippen LogP contribution in [0.2, 0.25) is 0 Å². The van der Waals surface area contributed by atoms with Gasteiger partial charge < -0.3 is 5.32 Å². The minimum atomic E-state index is 0.0105. The fraction of sp³-hybridized carbons (Fsp3) is 0.292. The minimum Gasteiger partial charge on any atom is -0.308 e. The van der Waals surface area contributed by atoms with E-state index >= 15 is 0 Å². The van der Waals surface area contributed by atoms with Gasteiger partial charge in [-0.3, -0.25) is 4.79 Å². The minimum absolute atomic E-state index is 0.0105. The summed E-state index contributed by atoms with van der Waals surface area (Å²) in [5.74, 6) is 1.01. The lowest BCUT2D eigenvalue weighted by Gasteiger charge is -2.20. The first-order chi connectivity index (χ1) is 15.3. The third-order valence-electron chi connectivity index (χ3n) is 5.79. The average molecular weight is 412 g/mol. The third kappa shape index (κ3) is 4.17. The van der Waals surface area contributed by atoms with Crippen LogP contribution >= 0.6 is 0 Å². The van der Waals surface area contributed by atoms with E-state index in [9.17, 15) is 4.79 Å². The number of carbonyl (C=O) groups is 1. The molecule has 0 unspecified atom stereocenters. The second-order valence-corrected chi connectivity index (χ2v) is 7.99. The van der Waals surface area contributed by atoms with Gasteiger partial charge in [0.25, 0.3) is 0 Å². The number of fused-ring (bicyclic) bond motifs is 1. The van der Waals surface area contributed by atoms with E-state index in [0.717, 1.165) is 36.8 Å². The van der Waals surface area contributed by atoms with E-state index in [1.54, 1.807) is 4.68 Å². The molecule has 0 saturated heterocycles. The molecule has 7 heteroatoms. The van der Waals surface area contributed by atoms with E-state index < -0.39 is 0 Å². The zero-order valence-corrected chi connectivity index (χ0v) is 17.2. The van der Waals surface area contributed by atoms with Crippen LogP contribution in [0.15, 0.2) is 60.7 Å². The van der Waals surface area contributed by atoms with Crippen molar-refractivity contribution >= 4 is 22.9 Å². The van der Waals surface area contributed by atoms with Gasteiger partial charge in [0.15, 0.2) is 22.8 Å². The van der Waals surface area contributed by atoms with Crippen molar-refractivity contribution < 1.29 is 4.79 Å². The molecule has 156 valence electrons. The van der Waals surface area contributed by atoms with Gasteiger partial charge in [-0.2, -0.15) is 0 Å². The highest BCUT2D eigenvalue weighted by atomic mass is 16.1. The van der Waals surface area contributed by atoms with Gasteiger partial charge >= 0.3 is 0 Å². The van der Waals surface area contributed by atoms with Crippen molar-refractivity contribution in [3.05, 3.63) is 66.2 Å². The first kappa shape index (κ1) is 19.4. The zero-order valence-electron chi connectivity index (χ0n) is 17.2. The number of nitrogens with one attached hydrogen (secondary N) is 1. The smallest absolute Gasteiger partial charge is 0.228 e. The van der Waals surface area contributed by atoms with Gasteiger partial charge in [0.1, 0.15) is 0 Å². The van der Waals surface area contributed by atoms with Crippen molar-refractivity contribution in [1.29, 1.82) is 0 Å². The fourth-order valence-corrected chi connectivity index (χ4v) is 4.11. The van der Waals surface area contributed by atoms with E-state index in [0.29, 0.717) is 29.4 Å². The number of rotatable bonds is 5. The van der Waals surface area contributed by atoms with E-state index in [2.05, 4.69) is 20.6 Å². The number of carbonyl (C=O) groups excluding carboxylic acids is 1. The lowest BCUT2D eigenvalue weighted by molar-refractivity contribution is -0.120. The summed E-state index contributed by atoms with van der Waals surface area (Å²) < 4.78 is 1.76. The Morgan fingerprint density at radius 1 is 0.935 bits per heavy atom. The van der Waals surface area contributed by atoms with Crippen molar-refractivity contribution in [1.82, 2.24) is 25.0 Å². The number of anilines is 1. The summed E-state index contributed by atoms with van der Waals surface area (Å²) in [4.78, 5) is 22.4. The largest absolute Gasteiger partial charge is 0.308 e. The summed E-state index contributed by atoms with van der Waals surface area (Å²) in [5.41, 5.74) is 3.10. The Labute approximate surface area is 180 Å². The predicted molar refractivity (Wildman–Crippen MR) is 119 cm³/mol. The summed E-state index contributed by atoms with van der Waals surface area (Å²) in [6.45, 7) is 0.540. The SMILES string of the molecule is O=C(Nc1nc(-c2ccccc2)nc2c1nnn2Cc1ccccc1)C1CCCCC1. The van der Waals surface area contributed by atoms with Crippen LogP contribution in [0, 0.1) is 5.92 Å². The second kappa shape index (κ2) is 8.63. The number of aromatic nitrogens is 5. The molecule has 2 aromatic heterocycles. The Morgan fingerprint density at radius 3 is 2.39 bits per heavy atom. The molecule has 1 aliphatic rings. The molecule has 1 saturated carbocycles. The van der Waals surface area contributed by atoms with Crippen molar-refractivity contribution in [2.75, 3.05) is 5.32 Å². The maximum Gasteiger partial charge on any atom is 0.228 e. The monoisotopic (exact) mass is 412 g/mol. The number of benzene rings is 2. The molecule has 1 N–H and O–H groups in total. The van der Waals surface area contributed by atoms with Crippen LogP contribution in [-0.4, -0.2) is 30.9 Å². The van der Waals surface area contributed by atoms with Gasteiger partial charge in [0.2, 0.25) is 5.91 Å². The van der Waals surface area contributed by atoms with Crippen LogP contribution in [0.5, 0.6) is 0 Å². The zero-order chi connectivity index (χ0) is 21.0. The topological polar surface area (TPSA) is 85.6 Å². The van der Waals surface area contributed by atoms with Crippen LogP contribution in [0.3, 0.4) is 0 Å². The normalized spacial score (nSPS) is 14.6. The molecule has 0 radical (unpaired) electrons. The van der Waals surface area contributed by atoms with Crippen LogP contribution in [0.1, 0.15) is 37.7 Å². The van der Waals surface area contributed by atoms with Crippen LogP contribution < -0.4 is 5.32 Å². The highest BCUT2D eigenvalue weighted by molar-refractivity contribution is 5.98. The standard InChI is InChI=1S/C24H24N6O/c31-24(19-14-8-3-9-15-19)27-22-20-23(26-21(25-22)18-12-6-2-7-13-18)30(29-28-20)16-17-10-4-1-5-11-17/h1-2,4-7,10-13,19H,3,8-9,14-16H2,(H,25,26,27,31). The molecular weight excluding hydrogens is 388 g/mol. The van der Waals surface area contributed by atoms with Gasteiger partial charge in [-0.15, -0.1) is 5.10 Å².